The van der Waals surface area contributed by atoms with Crippen molar-refractivity contribution >= 4 is 16.7 Å². The number of nitrogens with one attached hydrogen (secondary N) is 1. The number of fused-ring (bicyclic) bond motifs is 1. The molecule has 4 nitrogen and oxygen atoms in total. The lowest BCUT2D eigenvalue weighted by Gasteiger charge is -2.25. The highest BCUT2D eigenvalue weighted by Gasteiger charge is 2.17. The van der Waals surface area contributed by atoms with Crippen molar-refractivity contribution in [3.63, 3.8) is 0 Å². The number of benzene rings is 2. The minimum atomic E-state index is 0.0532. The smallest absolute Gasteiger partial charge is 0.224 e. The van der Waals surface area contributed by atoms with Crippen LogP contribution in [0.5, 0.6) is 0 Å². The van der Waals surface area contributed by atoms with Gasteiger partial charge in [-0.05, 0) is 42.6 Å². The van der Waals surface area contributed by atoms with Crippen molar-refractivity contribution in [3.05, 3.63) is 72.1 Å². The van der Waals surface area contributed by atoms with Gasteiger partial charge in [-0.1, -0.05) is 42.5 Å². The zero-order chi connectivity index (χ0) is 17.8. The minimum Gasteiger partial charge on any atom is -0.354 e. The van der Waals surface area contributed by atoms with Crippen LogP contribution in [0.15, 0.2) is 60.8 Å². The first-order valence-electron chi connectivity index (χ1n) is 8.57. The third-order valence-corrected chi connectivity index (χ3v) is 4.67. The van der Waals surface area contributed by atoms with E-state index in [1.807, 2.05) is 57.7 Å². The van der Waals surface area contributed by atoms with Gasteiger partial charge >= 0.3 is 0 Å². The average molecular weight is 335 g/mol. The molecular weight excluding hydrogens is 310 g/mol. The van der Waals surface area contributed by atoms with E-state index in [0.717, 1.165) is 10.9 Å². The Bertz CT molecular complexity index is 861. The van der Waals surface area contributed by atoms with Crippen LogP contribution in [0.25, 0.3) is 10.8 Å². The molecule has 1 amide bonds. The van der Waals surface area contributed by atoms with Gasteiger partial charge in [0.05, 0.1) is 12.5 Å². The van der Waals surface area contributed by atoms with Crippen LogP contribution in [0, 0.1) is 0 Å². The molecule has 25 heavy (non-hydrogen) atoms. The molecule has 1 heterocycles. The van der Waals surface area contributed by atoms with E-state index in [-0.39, 0.29) is 11.9 Å². The number of aryl methyl sites for hydroxylation is 1. The fourth-order valence-corrected chi connectivity index (χ4v) is 3.26. The molecule has 0 spiro atoms. The maximum Gasteiger partial charge on any atom is 0.224 e. The molecule has 0 aliphatic heterocycles. The van der Waals surface area contributed by atoms with Crippen LogP contribution in [-0.4, -0.2) is 36.0 Å². The molecule has 1 N–H and O–H groups in total. The summed E-state index contributed by atoms with van der Waals surface area (Å²) in [4.78, 5) is 14.6. The number of rotatable bonds is 6. The predicted molar refractivity (Wildman–Crippen MR) is 103 cm³/mol. The molecule has 1 unspecified atom stereocenters. The van der Waals surface area contributed by atoms with Crippen molar-refractivity contribution in [1.82, 2.24) is 14.8 Å². The van der Waals surface area contributed by atoms with E-state index in [4.69, 9.17) is 0 Å². The summed E-state index contributed by atoms with van der Waals surface area (Å²) in [5, 5.41) is 5.41. The molecule has 0 saturated carbocycles. The number of hydrogen-bond acceptors (Lipinski definition) is 2. The summed E-state index contributed by atoms with van der Waals surface area (Å²) in [5.41, 5.74) is 2.26. The van der Waals surface area contributed by atoms with E-state index in [2.05, 4.69) is 39.0 Å². The summed E-state index contributed by atoms with van der Waals surface area (Å²) < 4.78 is 2.10. The molecule has 0 saturated heterocycles. The first kappa shape index (κ1) is 17.2. The molecule has 0 bridgehead atoms. The van der Waals surface area contributed by atoms with Gasteiger partial charge in [-0.3, -0.25) is 9.69 Å². The Balaban J connectivity index is 1.69. The van der Waals surface area contributed by atoms with Gasteiger partial charge in [-0.25, -0.2) is 0 Å². The largest absolute Gasteiger partial charge is 0.354 e. The van der Waals surface area contributed by atoms with Crippen molar-refractivity contribution < 1.29 is 4.79 Å². The Kier molecular flexibility index (Phi) is 5.19. The van der Waals surface area contributed by atoms with Gasteiger partial charge in [0.15, 0.2) is 0 Å². The Labute approximate surface area is 149 Å². The van der Waals surface area contributed by atoms with Gasteiger partial charge in [0.2, 0.25) is 5.91 Å². The fourth-order valence-electron chi connectivity index (χ4n) is 3.26. The van der Waals surface area contributed by atoms with E-state index < -0.39 is 0 Å². The van der Waals surface area contributed by atoms with Crippen molar-refractivity contribution in [1.29, 1.82) is 0 Å². The summed E-state index contributed by atoms with van der Waals surface area (Å²) >= 11 is 0. The standard InChI is InChI=1S/C21H25N3O/c1-23(2)20(19-12-7-13-24(19)3)15-22-21(25)14-17-10-6-9-16-8-4-5-11-18(16)17/h4-13,20H,14-15H2,1-3H3,(H,22,25). The lowest BCUT2D eigenvalue weighted by atomic mass is 10.0. The van der Waals surface area contributed by atoms with Gasteiger partial charge in [-0.2, -0.15) is 0 Å². The summed E-state index contributed by atoms with van der Waals surface area (Å²) in [7, 11) is 6.10. The molecule has 1 aromatic heterocycles. The topological polar surface area (TPSA) is 37.3 Å². The number of carbonyl (C=O) groups is 1. The van der Waals surface area contributed by atoms with Crippen LogP contribution < -0.4 is 5.32 Å². The maximum atomic E-state index is 12.5. The van der Waals surface area contributed by atoms with E-state index in [1.54, 1.807) is 0 Å². The fraction of sp³-hybridized carbons (Fsp3) is 0.286. The number of nitrogens with zero attached hydrogens (tertiary/aromatic N) is 2. The second kappa shape index (κ2) is 7.53. The number of amides is 1. The van der Waals surface area contributed by atoms with Gasteiger partial charge in [-0.15, -0.1) is 0 Å². The van der Waals surface area contributed by atoms with E-state index in [1.165, 1.54) is 11.1 Å². The van der Waals surface area contributed by atoms with Crippen LogP contribution >= 0.6 is 0 Å². The van der Waals surface area contributed by atoms with Gasteiger partial charge in [0.1, 0.15) is 0 Å². The molecule has 3 rings (SSSR count). The molecule has 130 valence electrons. The Hall–Kier alpha value is -2.59. The third-order valence-electron chi connectivity index (χ3n) is 4.67. The minimum absolute atomic E-state index is 0.0532. The number of carbonyl (C=O) groups excluding carboxylic acids is 1. The van der Waals surface area contributed by atoms with Crippen molar-refractivity contribution in [3.8, 4) is 0 Å². The Morgan fingerprint density at radius 2 is 1.84 bits per heavy atom. The zero-order valence-electron chi connectivity index (χ0n) is 15.1. The number of likely N-dealkylation sites (N-methyl/N-ethyl adjacent to an activating group) is 1. The Morgan fingerprint density at radius 1 is 1.08 bits per heavy atom. The summed E-state index contributed by atoms with van der Waals surface area (Å²) in [5.74, 6) is 0.0532. The van der Waals surface area contributed by atoms with Crippen LogP contribution in [0.4, 0.5) is 0 Å². The number of aromatic nitrogens is 1. The predicted octanol–water partition coefficient (Wildman–Crippen LogP) is 3.14. The van der Waals surface area contributed by atoms with Gasteiger partial charge in [0, 0.05) is 25.5 Å². The van der Waals surface area contributed by atoms with Crippen molar-refractivity contribution in [2.45, 2.75) is 12.5 Å². The number of hydrogen-bond donors (Lipinski definition) is 1. The second-order valence-corrected chi connectivity index (χ2v) is 6.64. The lowest BCUT2D eigenvalue weighted by molar-refractivity contribution is -0.120. The monoisotopic (exact) mass is 335 g/mol. The molecule has 1 atom stereocenters. The van der Waals surface area contributed by atoms with E-state index in [9.17, 15) is 4.79 Å². The normalized spacial score (nSPS) is 12.5. The molecule has 3 aromatic rings. The molecule has 0 aliphatic carbocycles. The average Bonchev–Trinajstić information content (AvgIpc) is 3.01. The Morgan fingerprint density at radius 3 is 2.56 bits per heavy atom. The highest BCUT2D eigenvalue weighted by molar-refractivity contribution is 5.90. The lowest BCUT2D eigenvalue weighted by Crippen LogP contribution is -2.36. The van der Waals surface area contributed by atoms with Gasteiger partial charge < -0.3 is 9.88 Å². The second-order valence-electron chi connectivity index (χ2n) is 6.64. The summed E-state index contributed by atoms with van der Waals surface area (Å²) in [6.45, 7) is 0.592. The molecule has 0 aliphatic rings. The van der Waals surface area contributed by atoms with Crippen LogP contribution in [0.1, 0.15) is 17.3 Å². The van der Waals surface area contributed by atoms with Crippen LogP contribution in [0.3, 0.4) is 0 Å². The third kappa shape index (κ3) is 3.91. The zero-order valence-corrected chi connectivity index (χ0v) is 15.1. The highest BCUT2D eigenvalue weighted by Crippen LogP contribution is 2.20. The van der Waals surface area contributed by atoms with Crippen LogP contribution in [0.2, 0.25) is 0 Å². The van der Waals surface area contributed by atoms with Crippen LogP contribution in [-0.2, 0) is 18.3 Å². The quantitative estimate of drug-likeness (QED) is 0.751. The molecule has 0 radical (unpaired) electrons. The first-order valence-corrected chi connectivity index (χ1v) is 8.57. The van der Waals surface area contributed by atoms with Crippen molar-refractivity contribution in [2.24, 2.45) is 7.05 Å². The molecular formula is C21H25N3O. The highest BCUT2D eigenvalue weighted by atomic mass is 16.1. The maximum absolute atomic E-state index is 12.5. The van der Waals surface area contributed by atoms with E-state index >= 15 is 0 Å². The van der Waals surface area contributed by atoms with Gasteiger partial charge in [0.25, 0.3) is 0 Å². The molecule has 0 fully saturated rings. The summed E-state index contributed by atoms with van der Waals surface area (Å²) in [6, 6.07) is 18.6. The first-order chi connectivity index (χ1) is 12.1. The molecule has 2 aromatic carbocycles. The van der Waals surface area contributed by atoms with E-state index in [0.29, 0.717) is 13.0 Å². The van der Waals surface area contributed by atoms with Crippen molar-refractivity contribution in [2.75, 3.05) is 20.6 Å². The summed E-state index contributed by atoms with van der Waals surface area (Å²) in [6.07, 6.45) is 2.43. The SMILES string of the molecule is CN(C)C(CNC(=O)Cc1cccc2ccccc12)c1cccn1C. The molecule has 4 heteroatoms.